The molecule has 0 saturated carbocycles. The molecule has 2 rings (SSSR count). The zero-order valence-electron chi connectivity index (χ0n) is 7.81. The summed E-state index contributed by atoms with van der Waals surface area (Å²) in [5.41, 5.74) is 9.98. The van der Waals surface area contributed by atoms with Crippen LogP contribution in [0.4, 0.5) is 0 Å². The van der Waals surface area contributed by atoms with Crippen LogP contribution >= 0.6 is 11.6 Å². The Morgan fingerprint density at radius 3 is 3.00 bits per heavy atom. The van der Waals surface area contributed by atoms with E-state index in [4.69, 9.17) is 17.3 Å². The van der Waals surface area contributed by atoms with Gasteiger partial charge in [0, 0.05) is 11.1 Å². The number of nitrogens with two attached hydrogens (primary N) is 1. The van der Waals surface area contributed by atoms with Gasteiger partial charge in [0.1, 0.15) is 0 Å². The van der Waals surface area contributed by atoms with Gasteiger partial charge < -0.3 is 5.73 Å². The molecule has 0 saturated heterocycles. The van der Waals surface area contributed by atoms with Gasteiger partial charge in [-0.2, -0.15) is 0 Å². The summed E-state index contributed by atoms with van der Waals surface area (Å²) in [4.78, 5) is 0. The molecule has 0 radical (unpaired) electrons. The molecular formula is C11H14ClN. The van der Waals surface area contributed by atoms with E-state index < -0.39 is 0 Å². The van der Waals surface area contributed by atoms with E-state index in [2.05, 4.69) is 13.0 Å². The number of benzene rings is 1. The Balaban J connectivity index is 2.56. The molecule has 1 aromatic carbocycles. The van der Waals surface area contributed by atoms with Crippen molar-refractivity contribution in [3.05, 3.63) is 33.8 Å². The molecule has 2 N–H and O–H groups in total. The van der Waals surface area contributed by atoms with Crippen molar-refractivity contribution in [3.8, 4) is 0 Å². The normalized spacial score (nSPS) is 21.3. The first-order chi connectivity index (χ1) is 6.18. The third-order valence-electron chi connectivity index (χ3n) is 2.77. The second-order valence-corrected chi connectivity index (χ2v) is 4.23. The first kappa shape index (κ1) is 9.04. The molecule has 1 aliphatic carbocycles. The minimum absolute atomic E-state index is 0.223. The maximum Gasteiger partial charge on any atom is 0.0411 e. The van der Waals surface area contributed by atoms with Gasteiger partial charge in [0.25, 0.3) is 0 Å². The topological polar surface area (TPSA) is 26.0 Å². The summed E-state index contributed by atoms with van der Waals surface area (Å²) in [6.45, 7) is 2.09. The molecule has 0 spiro atoms. The zero-order valence-corrected chi connectivity index (χ0v) is 8.56. The van der Waals surface area contributed by atoms with Crippen LogP contribution in [0.2, 0.25) is 5.02 Å². The van der Waals surface area contributed by atoms with Crippen molar-refractivity contribution in [2.24, 2.45) is 5.73 Å². The van der Waals surface area contributed by atoms with Crippen molar-refractivity contribution in [1.29, 1.82) is 0 Å². The van der Waals surface area contributed by atoms with Crippen molar-refractivity contribution < 1.29 is 0 Å². The maximum absolute atomic E-state index is 6.05. The Labute approximate surface area is 83.9 Å². The summed E-state index contributed by atoms with van der Waals surface area (Å²) in [7, 11) is 0. The molecule has 0 fully saturated rings. The second kappa shape index (κ2) is 3.32. The van der Waals surface area contributed by atoms with Crippen molar-refractivity contribution in [1.82, 2.24) is 0 Å². The molecular weight excluding hydrogens is 182 g/mol. The van der Waals surface area contributed by atoms with Crippen molar-refractivity contribution in [2.75, 3.05) is 0 Å². The summed E-state index contributed by atoms with van der Waals surface area (Å²) >= 11 is 5.99. The minimum Gasteiger partial charge on any atom is -0.324 e. The Bertz CT molecular complexity index is 333. The monoisotopic (exact) mass is 195 g/mol. The lowest BCUT2D eigenvalue weighted by Gasteiger charge is -2.24. The van der Waals surface area contributed by atoms with Crippen molar-refractivity contribution in [2.45, 2.75) is 32.2 Å². The molecule has 2 heteroatoms. The highest BCUT2D eigenvalue weighted by Crippen LogP contribution is 2.32. The lowest BCUT2D eigenvalue weighted by atomic mass is 9.85. The van der Waals surface area contributed by atoms with E-state index in [1.54, 1.807) is 0 Å². The van der Waals surface area contributed by atoms with Crippen molar-refractivity contribution in [3.63, 3.8) is 0 Å². The lowest BCUT2D eigenvalue weighted by molar-refractivity contribution is 0.567. The van der Waals surface area contributed by atoms with Crippen LogP contribution in [-0.2, 0) is 6.42 Å². The van der Waals surface area contributed by atoms with E-state index in [1.165, 1.54) is 23.1 Å². The Morgan fingerprint density at radius 1 is 1.46 bits per heavy atom. The Morgan fingerprint density at radius 2 is 2.23 bits per heavy atom. The predicted octanol–water partition coefficient (Wildman–Crippen LogP) is 2.98. The van der Waals surface area contributed by atoms with Gasteiger partial charge in [-0.05, 0) is 55.0 Å². The summed E-state index contributed by atoms with van der Waals surface area (Å²) in [5.74, 6) is 0. The molecule has 1 aliphatic rings. The van der Waals surface area contributed by atoms with Gasteiger partial charge in [0.05, 0.1) is 0 Å². The quantitative estimate of drug-likeness (QED) is 0.677. The number of hydrogen-bond donors (Lipinski definition) is 1. The van der Waals surface area contributed by atoms with Gasteiger partial charge in [-0.15, -0.1) is 0 Å². The highest BCUT2D eigenvalue weighted by atomic mass is 35.5. The van der Waals surface area contributed by atoms with Crippen LogP contribution in [0.15, 0.2) is 12.1 Å². The summed E-state index contributed by atoms with van der Waals surface area (Å²) in [5, 5.41) is 0.838. The largest absolute Gasteiger partial charge is 0.324 e. The molecule has 0 aromatic heterocycles. The smallest absolute Gasteiger partial charge is 0.0411 e. The number of halogens is 1. The summed E-state index contributed by atoms with van der Waals surface area (Å²) < 4.78 is 0. The van der Waals surface area contributed by atoms with Crippen LogP contribution in [0.3, 0.4) is 0 Å². The molecule has 0 heterocycles. The molecule has 1 nitrogen and oxygen atoms in total. The summed E-state index contributed by atoms with van der Waals surface area (Å²) in [6, 6.07) is 4.29. The first-order valence-electron chi connectivity index (χ1n) is 4.73. The fourth-order valence-corrected chi connectivity index (χ4v) is 2.51. The van der Waals surface area contributed by atoms with Gasteiger partial charge in [-0.3, -0.25) is 0 Å². The van der Waals surface area contributed by atoms with E-state index in [0.717, 1.165) is 17.9 Å². The molecule has 70 valence electrons. The van der Waals surface area contributed by atoms with Gasteiger partial charge in [0.15, 0.2) is 0 Å². The minimum atomic E-state index is 0.223. The highest BCUT2D eigenvalue weighted by molar-refractivity contribution is 6.30. The molecule has 1 atom stereocenters. The third kappa shape index (κ3) is 1.59. The van der Waals surface area contributed by atoms with Gasteiger partial charge in [0.2, 0.25) is 0 Å². The van der Waals surface area contributed by atoms with E-state index in [9.17, 15) is 0 Å². The van der Waals surface area contributed by atoms with Crippen LogP contribution in [0.25, 0.3) is 0 Å². The standard InChI is InChI=1S/C11H14ClN/c1-7-5-9(12)6-8-3-2-4-10(13)11(7)8/h5-6,10H,2-4,13H2,1H3/t10-/m1/s1. The van der Waals surface area contributed by atoms with E-state index in [0.29, 0.717) is 0 Å². The third-order valence-corrected chi connectivity index (χ3v) is 2.99. The van der Waals surface area contributed by atoms with E-state index >= 15 is 0 Å². The van der Waals surface area contributed by atoms with E-state index in [-0.39, 0.29) is 6.04 Å². The molecule has 0 amide bonds. The van der Waals surface area contributed by atoms with Crippen LogP contribution in [0.1, 0.15) is 35.6 Å². The molecule has 1 aromatic rings. The maximum atomic E-state index is 6.05. The molecule has 13 heavy (non-hydrogen) atoms. The fraction of sp³-hybridized carbons (Fsp3) is 0.455. The van der Waals surface area contributed by atoms with Gasteiger partial charge >= 0.3 is 0 Å². The predicted molar refractivity (Wildman–Crippen MR) is 56.1 cm³/mol. The van der Waals surface area contributed by atoms with Gasteiger partial charge in [-0.25, -0.2) is 0 Å². The van der Waals surface area contributed by atoms with Crippen LogP contribution in [0, 0.1) is 6.92 Å². The first-order valence-corrected chi connectivity index (χ1v) is 5.11. The Hall–Kier alpha value is -0.530. The highest BCUT2D eigenvalue weighted by Gasteiger charge is 2.18. The lowest BCUT2D eigenvalue weighted by Crippen LogP contribution is -2.18. The summed E-state index contributed by atoms with van der Waals surface area (Å²) in [6.07, 6.45) is 3.42. The van der Waals surface area contributed by atoms with E-state index in [1.807, 2.05) is 6.07 Å². The Kier molecular flexibility index (Phi) is 2.31. The number of aryl methyl sites for hydroxylation is 2. The average molecular weight is 196 g/mol. The van der Waals surface area contributed by atoms with Gasteiger partial charge in [-0.1, -0.05) is 11.6 Å². The SMILES string of the molecule is Cc1cc(Cl)cc2c1[C@H](N)CCC2. The fourth-order valence-electron chi connectivity index (χ4n) is 2.22. The van der Waals surface area contributed by atoms with Crippen LogP contribution in [0.5, 0.6) is 0 Å². The molecule has 0 unspecified atom stereocenters. The number of hydrogen-bond acceptors (Lipinski definition) is 1. The molecule has 0 bridgehead atoms. The number of fused-ring (bicyclic) bond motifs is 1. The second-order valence-electron chi connectivity index (χ2n) is 3.79. The zero-order chi connectivity index (χ0) is 9.42. The molecule has 0 aliphatic heterocycles. The van der Waals surface area contributed by atoms with Crippen molar-refractivity contribution >= 4 is 11.6 Å². The van der Waals surface area contributed by atoms with Crippen LogP contribution in [-0.4, -0.2) is 0 Å². The average Bonchev–Trinajstić information content (AvgIpc) is 2.02. The van der Waals surface area contributed by atoms with Crippen LogP contribution < -0.4 is 5.73 Å². The number of rotatable bonds is 0.